The number of hydrogen-bond acceptors (Lipinski definition) is 12. The van der Waals surface area contributed by atoms with Gasteiger partial charge in [-0.2, -0.15) is 20.5 Å². The lowest BCUT2D eigenvalue weighted by Gasteiger charge is -2.12. The first-order valence-electron chi connectivity index (χ1n) is 17.2. The zero-order valence-corrected chi connectivity index (χ0v) is 29.5. The highest BCUT2D eigenvalue weighted by molar-refractivity contribution is 5.69. The molecule has 0 saturated carbocycles. The van der Waals surface area contributed by atoms with Crippen molar-refractivity contribution in [1.29, 1.82) is 0 Å². The second-order valence-electron chi connectivity index (χ2n) is 11.4. The summed E-state index contributed by atoms with van der Waals surface area (Å²) in [6.07, 6.45) is 3.83. The molecule has 0 fully saturated rings. The Bertz CT molecular complexity index is 1710. The van der Waals surface area contributed by atoms with Crippen molar-refractivity contribution < 1.29 is 28.5 Å². The monoisotopic (exact) mass is 694 g/mol. The molecule has 0 heterocycles. The molecule has 0 radical (unpaired) electrons. The van der Waals surface area contributed by atoms with Gasteiger partial charge in [0.1, 0.15) is 11.5 Å². The number of nitrogens with one attached hydrogen (secondary N) is 2. The van der Waals surface area contributed by atoms with Gasteiger partial charge in [-0.15, -0.1) is 0 Å². The first-order chi connectivity index (χ1) is 24.9. The number of azo groups is 2. The van der Waals surface area contributed by atoms with Gasteiger partial charge >= 0.3 is 11.9 Å². The van der Waals surface area contributed by atoms with Crippen molar-refractivity contribution in [3.05, 3.63) is 96.6 Å². The fourth-order valence-electron chi connectivity index (χ4n) is 4.64. The molecule has 2 N–H and O–H groups in total. The van der Waals surface area contributed by atoms with Gasteiger partial charge in [-0.25, -0.2) is 0 Å². The van der Waals surface area contributed by atoms with Crippen LogP contribution in [0.2, 0.25) is 0 Å². The number of rotatable bonds is 21. The summed E-state index contributed by atoms with van der Waals surface area (Å²) in [6.45, 7) is 7.49. The van der Waals surface area contributed by atoms with Crippen LogP contribution in [0.3, 0.4) is 0 Å². The number of benzene rings is 4. The highest BCUT2D eigenvalue weighted by atomic mass is 16.5. The lowest BCUT2D eigenvalue weighted by atomic mass is 10.2. The van der Waals surface area contributed by atoms with Crippen molar-refractivity contribution in [2.45, 2.75) is 59.3 Å². The molecule has 268 valence electrons. The highest BCUT2D eigenvalue weighted by Gasteiger charge is 2.04. The van der Waals surface area contributed by atoms with E-state index in [4.69, 9.17) is 18.9 Å². The first kappa shape index (κ1) is 38.0. The van der Waals surface area contributed by atoms with Crippen LogP contribution in [0.15, 0.2) is 111 Å². The quantitative estimate of drug-likeness (QED) is 0.0379. The first-order valence-corrected chi connectivity index (χ1v) is 17.2. The minimum Gasteiger partial charge on any atom is -0.494 e. The Labute approximate surface area is 299 Å². The van der Waals surface area contributed by atoms with Gasteiger partial charge in [-0.1, -0.05) is 0 Å². The van der Waals surface area contributed by atoms with Crippen LogP contribution < -0.4 is 20.3 Å². The number of aryl methyl sites for hydroxylation is 1. The molecular formula is C39H46N6O6. The van der Waals surface area contributed by atoms with Gasteiger partial charge in [-0.3, -0.25) is 9.59 Å². The third-order valence-corrected chi connectivity index (χ3v) is 7.35. The molecule has 12 nitrogen and oxygen atoms in total. The van der Waals surface area contributed by atoms with Gasteiger partial charge in [-0.05, 0) is 143 Å². The Balaban J connectivity index is 1.16. The molecule has 0 atom stereocenters. The van der Waals surface area contributed by atoms with E-state index in [1.807, 2.05) is 97.9 Å². The highest BCUT2D eigenvalue weighted by Crippen LogP contribution is 2.26. The fraction of sp³-hybridized carbons (Fsp3) is 0.333. The number of esters is 2. The Morgan fingerprint density at radius 3 is 1.43 bits per heavy atom. The Hall–Kier alpha value is -5.78. The van der Waals surface area contributed by atoms with Crippen LogP contribution in [-0.2, 0) is 19.1 Å². The van der Waals surface area contributed by atoms with Gasteiger partial charge in [0, 0.05) is 12.8 Å². The Kier molecular flexibility index (Phi) is 15.9. The summed E-state index contributed by atoms with van der Waals surface area (Å²) in [5.41, 5.74) is 12.1. The average molecular weight is 695 g/mol. The summed E-state index contributed by atoms with van der Waals surface area (Å²) in [7, 11) is 0. The molecule has 0 bridgehead atoms. The van der Waals surface area contributed by atoms with Gasteiger partial charge < -0.3 is 29.8 Å². The van der Waals surface area contributed by atoms with E-state index in [2.05, 4.69) is 31.3 Å². The second-order valence-corrected chi connectivity index (χ2v) is 11.4. The fourth-order valence-corrected chi connectivity index (χ4v) is 4.64. The molecule has 51 heavy (non-hydrogen) atoms. The van der Waals surface area contributed by atoms with Gasteiger partial charge in [0.25, 0.3) is 0 Å². The molecule has 0 aromatic heterocycles. The average Bonchev–Trinajstić information content (AvgIpc) is 3.14. The summed E-state index contributed by atoms with van der Waals surface area (Å²) < 4.78 is 21.4. The normalized spacial score (nSPS) is 11.0. The number of nitrogens with zero attached hydrogens (tertiary/aromatic N) is 4. The number of carbonyl (C=O) groups is 2. The van der Waals surface area contributed by atoms with Crippen LogP contribution in [0.5, 0.6) is 11.5 Å². The van der Waals surface area contributed by atoms with E-state index in [1.165, 1.54) is 0 Å². The number of ether oxygens (including phenoxy) is 4. The van der Waals surface area contributed by atoms with E-state index in [0.29, 0.717) is 50.6 Å². The van der Waals surface area contributed by atoms with Crippen molar-refractivity contribution in [3.63, 3.8) is 0 Å². The molecule has 0 unspecified atom stereocenters. The van der Waals surface area contributed by atoms with Crippen LogP contribution in [0, 0.1) is 6.92 Å². The molecule has 4 aromatic rings. The summed E-state index contributed by atoms with van der Waals surface area (Å²) in [4.78, 5) is 22.8. The molecule has 4 aromatic carbocycles. The van der Waals surface area contributed by atoms with Crippen LogP contribution in [0.25, 0.3) is 0 Å². The molecule has 0 saturated heterocycles. The SMILES string of the molecule is CCOC(=O)CCCCOc1ccc(N=Nc2ccc(NNc3ccc(N=Nc4ccc(OCCCCC(=O)OCC)cc4)cc3C)cc2)cc1. The summed E-state index contributed by atoms with van der Waals surface area (Å²) >= 11 is 0. The lowest BCUT2D eigenvalue weighted by Crippen LogP contribution is -2.09. The topological polar surface area (TPSA) is 145 Å². The molecule has 12 heteroatoms. The van der Waals surface area contributed by atoms with E-state index in [9.17, 15) is 9.59 Å². The van der Waals surface area contributed by atoms with Crippen molar-refractivity contribution in [2.24, 2.45) is 20.5 Å². The molecule has 0 amide bonds. The largest absolute Gasteiger partial charge is 0.494 e. The van der Waals surface area contributed by atoms with Crippen molar-refractivity contribution >= 4 is 46.1 Å². The van der Waals surface area contributed by atoms with Crippen LogP contribution in [-0.4, -0.2) is 38.4 Å². The Morgan fingerprint density at radius 2 is 0.980 bits per heavy atom. The minimum atomic E-state index is -0.169. The number of unbranched alkanes of at least 4 members (excludes halogenated alkanes) is 2. The summed E-state index contributed by atoms with van der Waals surface area (Å²) in [6, 6.07) is 28.2. The Morgan fingerprint density at radius 1 is 0.549 bits per heavy atom. The lowest BCUT2D eigenvalue weighted by molar-refractivity contribution is -0.144. The van der Waals surface area contributed by atoms with Crippen molar-refractivity contribution in [2.75, 3.05) is 37.3 Å². The third-order valence-electron chi connectivity index (χ3n) is 7.35. The van der Waals surface area contributed by atoms with Gasteiger partial charge in [0.05, 0.1) is 60.6 Å². The van der Waals surface area contributed by atoms with E-state index in [0.717, 1.165) is 65.5 Å². The molecular weight excluding hydrogens is 648 g/mol. The number of anilines is 2. The number of hydrazine groups is 1. The van der Waals surface area contributed by atoms with Crippen LogP contribution in [0.1, 0.15) is 57.9 Å². The number of hydrogen-bond donors (Lipinski definition) is 2. The van der Waals surface area contributed by atoms with E-state index < -0.39 is 0 Å². The zero-order chi connectivity index (χ0) is 36.1. The maximum atomic E-state index is 11.4. The molecule has 4 rings (SSSR count). The van der Waals surface area contributed by atoms with Crippen molar-refractivity contribution in [1.82, 2.24) is 0 Å². The van der Waals surface area contributed by atoms with E-state index >= 15 is 0 Å². The smallest absolute Gasteiger partial charge is 0.305 e. The molecule has 0 aliphatic carbocycles. The zero-order valence-electron chi connectivity index (χ0n) is 29.5. The molecule has 0 aliphatic rings. The molecule has 0 aliphatic heterocycles. The van der Waals surface area contributed by atoms with Gasteiger partial charge in [0.2, 0.25) is 0 Å². The van der Waals surface area contributed by atoms with Crippen LogP contribution in [0.4, 0.5) is 34.1 Å². The molecule has 0 spiro atoms. The summed E-state index contributed by atoms with van der Waals surface area (Å²) in [5, 5.41) is 17.4. The van der Waals surface area contributed by atoms with Crippen molar-refractivity contribution in [3.8, 4) is 11.5 Å². The van der Waals surface area contributed by atoms with Gasteiger partial charge in [0.15, 0.2) is 0 Å². The maximum Gasteiger partial charge on any atom is 0.305 e. The number of carbonyl (C=O) groups excluding carboxylic acids is 2. The maximum absolute atomic E-state index is 11.4. The minimum absolute atomic E-state index is 0.169. The predicted molar refractivity (Wildman–Crippen MR) is 198 cm³/mol. The summed E-state index contributed by atoms with van der Waals surface area (Å²) in [5.74, 6) is 1.15. The standard InChI is InChI=1S/C39H46N6O6/c1-4-48-38(46)10-6-8-26-50-35-21-16-32(17-22-35)41-40-30-12-14-31(15-13-30)43-45-37-25-20-34(28-29(37)3)44-42-33-18-23-36(24-19-33)51-27-9-7-11-39(47)49-5-2/h12-25,28,43,45H,4-11,26-27H2,1-3H3. The predicted octanol–water partition coefficient (Wildman–Crippen LogP) is 10.5. The van der Waals surface area contributed by atoms with E-state index in [-0.39, 0.29) is 11.9 Å². The second kappa shape index (κ2) is 21.3. The van der Waals surface area contributed by atoms with E-state index in [1.54, 1.807) is 13.8 Å². The third kappa shape index (κ3) is 14.3. The van der Waals surface area contributed by atoms with Crippen LogP contribution >= 0.6 is 0 Å².